The van der Waals surface area contributed by atoms with Crippen LogP contribution >= 0.6 is 12.2 Å². The maximum Gasteiger partial charge on any atom is 0.0816 e. The molecule has 2 N–H and O–H groups in total. The van der Waals surface area contributed by atoms with Gasteiger partial charge in [0, 0.05) is 18.5 Å². The standard InChI is InChI=1S/C16H26N2S/c1-12(2)10-13(3)18(4)11-15(16(17)19)14-8-6-5-7-9-14/h5-9,12-13,15H,10-11H2,1-4H3,(H2,17,19). The summed E-state index contributed by atoms with van der Waals surface area (Å²) in [4.78, 5) is 2.94. The van der Waals surface area contributed by atoms with Gasteiger partial charge in [-0.25, -0.2) is 0 Å². The summed E-state index contributed by atoms with van der Waals surface area (Å²) in [5, 5.41) is 0. The summed E-state index contributed by atoms with van der Waals surface area (Å²) in [6.45, 7) is 7.66. The number of benzene rings is 1. The Morgan fingerprint density at radius 1 is 1.21 bits per heavy atom. The Bertz CT molecular complexity index is 389. The smallest absolute Gasteiger partial charge is 0.0816 e. The summed E-state index contributed by atoms with van der Waals surface area (Å²) in [6, 6.07) is 10.8. The molecule has 0 radical (unpaired) electrons. The molecule has 0 heterocycles. The van der Waals surface area contributed by atoms with Crippen molar-refractivity contribution >= 4 is 17.2 Å². The molecule has 106 valence electrons. The van der Waals surface area contributed by atoms with Crippen molar-refractivity contribution in [2.45, 2.75) is 39.2 Å². The third-order valence-corrected chi connectivity index (χ3v) is 3.87. The van der Waals surface area contributed by atoms with E-state index in [0.717, 1.165) is 6.54 Å². The lowest BCUT2D eigenvalue weighted by atomic mass is 9.97. The van der Waals surface area contributed by atoms with Crippen LogP contribution in [0.3, 0.4) is 0 Å². The molecular weight excluding hydrogens is 252 g/mol. The normalized spacial score (nSPS) is 14.6. The second-order valence-corrected chi connectivity index (χ2v) is 6.26. The molecule has 1 aromatic rings. The van der Waals surface area contributed by atoms with Crippen molar-refractivity contribution in [1.29, 1.82) is 0 Å². The molecule has 0 aromatic heterocycles. The van der Waals surface area contributed by atoms with E-state index < -0.39 is 0 Å². The van der Waals surface area contributed by atoms with Crippen molar-refractivity contribution in [3.05, 3.63) is 35.9 Å². The maximum atomic E-state index is 5.92. The Labute approximate surface area is 123 Å². The molecule has 3 heteroatoms. The highest BCUT2D eigenvalue weighted by atomic mass is 32.1. The monoisotopic (exact) mass is 278 g/mol. The minimum absolute atomic E-state index is 0.135. The van der Waals surface area contributed by atoms with Gasteiger partial charge in [0.25, 0.3) is 0 Å². The Kier molecular flexibility index (Phi) is 6.46. The zero-order valence-corrected chi connectivity index (χ0v) is 13.3. The summed E-state index contributed by atoms with van der Waals surface area (Å²) in [5.74, 6) is 0.841. The van der Waals surface area contributed by atoms with Crippen molar-refractivity contribution in [2.24, 2.45) is 11.7 Å². The van der Waals surface area contributed by atoms with E-state index in [4.69, 9.17) is 18.0 Å². The van der Waals surface area contributed by atoms with Crippen LogP contribution < -0.4 is 5.73 Å². The highest BCUT2D eigenvalue weighted by molar-refractivity contribution is 7.80. The zero-order valence-electron chi connectivity index (χ0n) is 12.5. The van der Waals surface area contributed by atoms with Gasteiger partial charge < -0.3 is 10.6 Å². The summed E-state index contributed by atoms with van der Waals surface area (Å²) in [7, 11) is 2.15. The molecule has 0 saturated heterocycles. The molecule has 0 aliphatic heterocycles. The first-order valence-electron chi connectivity index (χ1n) is 6.96. The van der Waals surface area contributed by atoms with Gasteiger partial charge in [-0.05, 0) is 31.9 Å². The fraction of sp³-hybridized carbons (Fsp3) is 0.562. The Morgan fingerprint density at radius 3 is 2.26 bits per heavy atom. The van der Waals surface area contributed by atoms with Crippen LogP contribution in [0.5, 0.6) is 0 Å². The van der Waals surface area contributed by atoms with E-state index in [2.05, 4.69) is 44.9 Å². The number of hydrogen-bond acceptors (Lipinski definition) is 2. The van der Waals surface area contributed by atoms with Crippen molar-refractivity contribution in [2.75, 3.05) is 13.6 Å². The van der Waals surface area contributed by atoms with E-state index in [9.17, 15) is 0 Å². The van der Waals surface area contributed by atoms with Gasteiger partial charge in [-0.2, -0.15) is 0 Å². The molecule has 2 atom stereocenters. The lowest BCUT2D eigenvalue weighted by Crippen LogP contribution is -2.37. The van der Waals surface area contributed by atoms with Crippen LogP contribution in [0.25, 0.3) is 0 Å². The van der Waals surface area contributed by atoms with E-state index in [1.54, 1.807) is 0 Å². The molecule has 0 bridgehead atoms. The van der Waals surface area contributed by atoms with Crippen LogP contribution in [-0.4, -0.2) is 29.5 Å². The number of likely N-dealkylation sites (N-methyl/N-ethyl adjacent to an activating group) is 1. The Hall–Kier alpha value is -0.930. The largest absolute Gasteiger partial charge is 0.393 e. The second-order valence-electron chi connectivity index (χ2n) is 5.78. The number of rotatable bonds is 7. The van der Waals surface area contributed by atoms with E-state index >= 15 is 0 Å². The van der Waals surface area contributed by atoms with Gasteiger partial charge >= 0.3 is 0 Å². The molecular formula is C16H26N2S. The van der Waals surface area contributed by atoms with Gasteiger partial charge in [-0.3, -0.25) is 0 Å². The molecule has 0 spiro atoms. The first-order valence-corrected chi connectivity index (χ1v) is 7.37. The molecule has 1 aromatic carbocycles. The molecule has 2 unspecified atom stereocenters. The van der Waals surface area contributed by atoms with Gasteiger partial charge in [0.2, 0.25) is 0 Å². The fourth-order valence-electron chi connectivity index (χ4n) is 2.38. The van der Waals surface area contributed by atoms with Gasteiger partial charge in [-0.15, -0.1) is 0 Å². The van der Waals surface area contributed by atoms with Crippen LogP contribution in [0.2, 0.25) is 0 Å². The summed E-state index contributed by atoms with van der Waals surface area (Å²) < 4.78 is 0. The van der Waals surface area contributed by atoms with Crippen LogP contribution in [-0.2, 0) is 0 Å². The lowest BCUT2D eigenvalue weighted by Gasteiger charge is -2.30. The third kappa shape index (κ3) is 5.29. The first kappa shape index (κ1) is 16.1. The van der Waals surface area contributed by atoms with Gasteiger partial charge in [0.1, 0.15) is 0 Å². The highest BCUT2D eigenvalue weighted by Crippen LogP contribution is 2.19. The van der Waals surface area contributed by atoms with Crippen LogP contribution in [0.1, 0.15) is 38.7 Å². The first-order chi connectivity index (χ1) is 8.91. The van der Waals surface area contributed by atoms with Crippen molar-refractivity contribution in [3.63, 3.8) is 0 Å². The quantitative estimate of drug-likeness (QED) is 0.775. The van der Waals surface area contributed by atoms with Crippen molar-refractivity contribution in [3.8, 4) is 0 Å². The molecule has 1 rings (SSSR count). The SMILES string of the molecule is CC(C)CC(C)N(C)CC(C(N)=S)c1ccccc1. The van der Waals surface area contributed by atoms with Crippen LogP contribution in [0, 0.1) is 5.92 Å². The molecule has 0 fully saturated rings. The molecule has 2 nitrogen and oxygen atoms in total. The number of nitrogens with zero attached hydrogens (tertiary/aromatic N) is 1. The number of nitrogens with two attached hydrogens (primary N) is 1. The molecule has 0 aliphatic carbocycles. The number of thiocarbonyl (C=S) groups is 1. The van der Waals surface area contributed by atoms with Gasteiger partial charge in [0.05, 0.1) is 4.99 Å². The Balaban J connectivity index is 2.72. The average molecular weight is 278 g/mol. The minimum Gasteiger partial charge on any atom is -0.393 e. The highest BCUT2D eigenvalue weighted by Gasteiger charge is 2.20. The molecule has 0 amide bonds. The molecule has 19 heavy (non-hydrogen) atoms. The lowest BCUT2D eigenvalue weighted by molar-refractivity contribution is 0.226. The zero-order chi connectivity index (χ0) is 14.4. The van der Waals surface area contributed by atoms with E-state index in [1.807, 2.05) is 18.2 Å². The molecule has 0 aliphatic rings. The predicted molar refractivity (Wildman–Crippen MR) is 87.5 cm³/mol. The van der Waals surface area contributed by atoms with E-state index in [0.29, 0.717) is 16.9 Å². The molecule has 0 saturated carbocycles. The summed E-state index contributed by atoms with van der Waals surface area (Å²) in [6.07, 6.45) is 1.19. The van der Waals surface area contributed by atoms with Crippen molar-refractivity contribution in [1.82, 2.24) is 4.90 Å². The van der Waals surface area contributed by atoms with Crippen molar-refractivity contribution < 1.29 is 0 Å². The fourth-order valence-corrected chi connectivity index (χ4v) is 2.59. The van der Waals surface area contributed by atoms with E-state index in [-0.39, 0.29) is 5.92 Å². The average Bonchev–Trinajstić information content (AvgIpc) is 2.35. The Morgan fingerprint density at radius 2 is 1.79 bits per heavy atom. The summed E-state index contributed by atoms with van der Waals surface area (Å²) >= 11 is 5.24. The third-order valence-electron chi connectivity index (χ3n) is 3.58. The van der Waals surface area contributed by atoms with Gasteiger partial charge in [0.15, 0.2) is 0 Å². The predicted octanol–water partition coefficient (Wildman–Crippen LogP) is 3.42. The number of hydrogen-bond donors (Lipinski definition) is 1. The second kappa shape index (κ2) is 7.61. The topological polar surface area (TPSA) is 29.3 Å². The van der Waals surface area contributed by atoms with E-state index in [1.165, 1.54) is 12.0 Å². The van der Waals surface area contributed by atoms with Crippen LogP contribution in [0.4, 0.5) is 0 Å². The maximum absolute atomic E-state index is 5.92. The minimum atomic E-state index is 0.135. The summed E-state index contributed by atoms with van der Waals surface area (Å²) in [5.41, 5.74) is 7.13. The van der Waals surface area contributed by atoms with Crippen LogP contribution in [0.15, 0.2) is 30.3 Å². The van der Waals surface area contributed by atoms with Gasteiger partial charge in [-0.1, -0.05) is 56.4 Å².